The molecule has 2 heterocycles. The van der Waals surface area contributed by atoms with Gasteiger partial charge >= 0.3 is 5.97 Å². The molecular weight excluding hydrogens is 404 g/mol. The van der Waals surface area contributed by atoms with Gasteiger partial charge in [0.2, 0.25) is 10.0 Å². The van der Waals surface area contributed by atoms with Crippen LogP contribution < -0.4 is 10.1 Å². The summed E-state index contributed by atoms with van der Waals surface area (Å²) in [5.74, 6) is -0.670. The lowest BCUT2D eigenvalue weighted by molar-refractivity contribution is -0.385. The molecule has 0 unspecified atom stereocenters. The topological polar surface area (TPSA) is 141 Å². The summed E-state index contributed by atoms with van der Waals surface area (Å²) in [7, 11) is -2.84. The number of nitro groups is 1. The minimum absolute atomic E-state index is 0.0820. The molecule has 29 heavy (non-hydrogen) atoms. The van der Waals surface area contributed by atoms with Crippen LogP contribution in [0.2, 0.25) is 0 Å². The number of pyridine rings is 1. The summed E-state index contributed by atoms with van der Waals surface area (Å²) >= 11 is 0. The van der Waals surface area contributed by atoms with Crippen molar-refractivity contribution in [1.29, 1.82) is 0 Å². The van der Waals surface area contributed by atoms with Gasteiger partial charge in [0.05, 0.1) is 23.8 Å². The lowest BCUT2D eigenvalue weighted by Gasteiger charge is -2.27. The average molecular weight is 422 g/mol. The van der Waals surface area contributed by atoms with Crippen LogP contribution in [0.3, 0.4) is 0 Å². The molecule has 0 aliphatic carbocycles. The number of sulfonamides is 1. The molecule has 1 aromatic carbocycles. The third-order valence-electron chi connectivity index (χ3n) is 4.19. The van der Waals surface area contributed by atoms with E-state index in [0.717, 1.165) is 12.1 Å². The summed E-state index contributed by atoms with van der Waals surface area (Å²) < 4.78 is 37.7. The molecule has 1 aromatic heterocycles. The number of non-ortho nitro benzene ring substituents is 1. The van der Waals surface area contributed by atoms with Crippen LogP contribution in [0.1, 0.15) is 10.4 Å². The Morgan fingerprint density at radius 1 is 1.24 bits per heavy atom. The summed E-state index contributed by atoms with van der Waals surface area (Å²) in [5, 5.41) is 14.2. The fourth-order valence-corrected chi connectivity index (χ4v) is 4.33. The summed E-state index contributed by atoms with van der Waals surface area (Å²) in [5.41, 5.74) is -0.272. The van der Waals surface area contributed by atoms with Gasteiger partial charge in [0, 0.05) is 44.5 Å². The Hall–Kier alpha value is -3.09. The van der Waals surface area contributed by atoms with Crippen molar-refractivity contribution in [2.45, 2.75) is 4.90 Å². The fraction of sp³-hybridized carbons (Fsp3) is 0.294. The number of ether oxygens (including phenoxy) is 2. The van der Waals surface area contributed by atoms with E-state index < -0.39 is 20.9 Å². The molecule has 3 rings (SSSR count). The summed E-state index contributed by atoms with van der Waals surface area (Å²) in [6.07, 6.45) is 2.56. The first kappa shape index (κ1) is 20.6. The minimum atomic E-state index is -4.05. The number of benzene rings is 1. The molecule has 11 nitrogen and oxygen atoms in total. The number of hydrogen-bond donors (Lipinski definition) is 1. The molecule has 0 bridgehead atoms. The third-order valence-corrected chi connectivity index (χ3v) is 6.11. The molecule has 1 N–H and O–H groups in total. The van der Waals surface area contributed by atoms with E-state index in [2.05, 4.69) is 15.0 Å². The lowest BCUT2D eigenvalue weighted by atomic mass is 10.2. The van der Waals surface area contributed by atoms with Crippen LogP contribution in [0.4, 0.5) is 5.69 Å². The number of hydrogen-bond acceptors (Lipinski definition) is 9. The molecule has 1 aliphatic heterocycles. The molecule has 0 atom stereocenters. The fourth-order valence-electron chi connectivity index (χ4n) is 2.75. The highest BCUT2D eigenvalue weighted by atomic mass is 32.2. The lowest BCUT2D eigenvalue weighted by Crippen LogP contribution is -2.46. The minimum Gasteiger partial charge on any atom is -0.465 e. The van der Waals surface area contributed by atoms with Crippen LogP contribution in [-0.2, 0) is 14.8 Å². The molecule has 0 saturated carbocycles. The summed E-state index contributed by atoms with van der Waals surface area (Å²) in [6.45, 7) is 1.39. The van der Waals surface area contributed by atoms with E-state index in [0.29, 0.717) is 13.1 Å². The maximum absolute atomic E-state index is 13.1. The predicted molar refractivity (Wildman–Crippen MR) is 100 cm³/mol. The SMILES string of the molecule is COC(=O)c1cncc(Oc2ccc([N+](=O)[O-])cc2S(=O)(=O)N2CCNCC2)c1. The first-order valence-corrected chi connectivity index (χ1v) is 9.97. The number of carbonyl (C=O) groups is 1. The van der Waals surface area contributed by atoms with Gasteiger partial charge < -0.3 is 14.8 Å². The van der Waals surface area contributed by atoms with Crippen molar-refractivity contribution in [3.8, 4) is 11.5 Å². The van der Waals surface area contributed by atoms with Gasteiger partial charge in [-0.1, -0.05) is 0 Å². The Kier molecular flexibility index (Phi) is 6.06. The first-order valence-electron chi connectivity index (χ1n) is 8.53. The Morgan fingerprint density at radius 2 is 1.97 bits per heavy atom. The molecule has 12 heteroatoms. The van der Waals surface area contributed by atoms with Crippen molar-refractivity contribution < 1.29 is 27.6 Å². The second-order valence-corrected chi connectivity index (χ2v) is 7.95. The Morgan fingerprint density at radius 3 is 2.62 bits per heavy atom. The zero-order chi connectivity index (χ0) is 21.0. The number of piperazine rings is 1. The summed E-state index contributed by atoms with van der Waals surface area (Å²) in [4.78, 5) is 25.7. The molecule has 1 aliphatic rings. The molecule has 154 valence electrons. The van der Waals surface area contributed by atoms with Crippen molar-refractivity contribution in [2.75, 3.05) is 33.3 Å². The van der Waals surface area contributed by atoms with Gasteiger partial charge in [0.25, 0.3) is 5.69 Å². The summed E-state index contributed by atoms with van der Waals surface area (Å²) in [6, 6.07) is 4.65. The molecular formula is C17H18N4O7S. The van der Waals surface area contributed by atoms with Crippen LogP contribution in [0.15, 0.2) is 41.6 Å². The van der Waals surface area contributed by atoms with E-state index in [1.165, 1.54) is 35.9 Å². The van der Waals surface area contributed by atoms with Crippen molar-refractivity contribution in [1.82, 2.24) is 14.6 Å². The first-order chi connectivity index (χ1) is 13.8. The van der Waals surface area contributed by atoms with Gasteiger partial charge in [-0.25, -0.2) is 13.2 Å². The van der Waals surface area contributed by atoms with Crippen LogP contribution in [0, 0.1) is 10.1 Å². The third kappa shape index (κ3) is 4.50. The van der Waals surface area contributed by atoms with Gasteiger partial charge in [-0.2, -0.15) is 4.31 Å². The predicted octanol–water partition coefficient (Wildman–Crippen LogP) is 1.16. The average Bonchev–Trinajstić information content (AvgIpc) is 2.74. The number of rotatable bonds is 6. The van der Waals surface area contributed by atoms with Crippen molar-refractivity contribution >= 4 is 21.7 Å². The van der Waals surface area contributed by atoms with Gasteiger partial charge in [0.15, 0.2) is 0 Å². The molecule has 1 fully saturated rings. The smallest absolute Gasteiger partial charge is 0.339 e. The second kappa shape index (κ2) is 8.51. The number of methoxy groups -OCH3 is 1. The van der Waals surface area contributed by atoms with E-state index >= 15 is 0 Å². The number of carbonyl (C=O) groups excluding carboxylic acids is 1. The Balaban J connectivity index is 2.03. The van der Waals surface area contributed by atoms with E-state index in [1.807, 2.05) is 0 Å². The number of esters is 1. The quantitative estimate of drug-likeness (QED) is 0.412. The highest BCUT2D eigenvalue weighted by molar-refractivity contribution is 7.89. The van der Waals surface area contributed by atoms with E-state index in [4.69, 9.17) is 4.74 Å². The zero-order valence-electron chi connectivity index (χ0n) is 15.4. The Bertz CT molecular complexity index is 1040. The monoisotopic (exact) mass is 422 g/mol. The van der Waals surface area contributed by atoms with Crippen LogP contribution in [0.5, 0.6) is 11.5 Å². The van der Waals surface area contributed by atoms with Gasteiger partial charge in [-0.15, -0.1) is 0 Å². The number of nitro benzene ring substituents is 1. The van der Waals surface area contributed by atoms with E-state index in [1.54, 1.807) is 0 Å². The maximum atomic E-state index is 13.1. The Labute approximate surface area is 166 Å². The van der Waals surface area contributed by atoms with Crippen LogP contribution in [-0.4, -0.2) is 61.9 Å². The van der Waals surface area contributed by atoms with Gasteiger partial charge in [-0.3, -0.25) is 15.1 Å². The molecule has 0 amide bonds. The largest absolute Gasteiger partial charge is 0.465 e. The van der Waals surface area contributed by atoms with Crippen molar-refractivity contribution in [2.24, 2.45) is 0 Å². The van der Waals surface area contributed by atoms with Gasteiger partial charge in [-0.05, 0) is 12.1 Å². The maximum Gasteiger partial charge on any atom is 0.339 e. The standard InChI is InChI=1S/C17H18N4O7S/c1-27-17(22)12-8-14(11-19-10-12)28-15-3-2-13(21(23)24)9-16(15)29(25,26)20-6-4-18-5-7-20/h2-3,8-11,18H,4-7H2,1H3. The molecule has 2 aromatic rings. The second-order valence-electron chi connectivity index (χ2n) is 6.05. The normalized spacial score (nSPS) is 14.9. The molecule has 0 radical (unpaired) electrons. The highest BCUT2D eigenvalue weighted by Crippen LogP contribution is 2.34. The van der Waals surface area contributed by atoms with Crippen LogP contribution in [0.25, 0.3) is 0 Å². The van der Waals surface area contributed by atoms with Crippen molar-refractivity contribution in [3.05, 3.63) is 52.3 Å². The number of aromatic nitrogens is 1. The molecule has 1 saturated heterocycles. The highest BCUT2D eigenvalue weighted by Gasteiger charge is 2.31. The molecule has 0 spiro atoms. The zero-order valence-corrected chi connectivity index (χ0v) is 16.2. The van der Waals surface area contributed by atoms with Gasteiger partial charge in [0.1, 0.15) is 16.4 Å². The number of nitrogens with zero attached hydrogens (tertiary/aromatic N) is 3. The number of nitrogens with one attached hydrogen (secondary N) is 1. The van der Waals surface area contributed by atoms with Crippen molar-refractivity contribution in [3.63, 3.8) is 0 Å². The van der Waals surface area contributed by atoms with E-state index in [-0.39, 0.29) is 40.7 Å². The van der Waals surface area contributed by atoms with Crippen LogP contribution >= 0.6 is 0 Å². The van der Waals surface area contributed by atoms with E-state index in [9.17, 15) is 23.3 Å².